The molecule has 0 fully saturated rings. The number of hydrogen-bond donors (Lipinski definition) is 0. The summed E-state index contributed by atoms with van der Waals surface area (Å²) in [6.45, 7) is 0. The summed E-state index contributed by atoms with van der Waals surface area (Å²) < 4.78 is 2.24. The van der Waals surface area contributed by atoms with Crippen molar-refractivity contribution in [3.05, 3.63) is 27.1 Å². The zero-order chi connectivity index (χ0) is 7.72. The molecule has 0 amide bonds. The Morgan fingerprint density at radius 3 is 2.80 bits per heavy atom. The Morgan fingerprint density at radius 2 is 2.30 bits per heavy atom. The smallest absolute Gasteiger partial charge is 0.243 e. The molecule has 0 N–H and O–H groups in total. The second-order valence-electron chi connectivity index (χ2n) is 2.03. The minimum absolute atomic E-state index is 0.164. The molecule has 10 heavy (non-hydrogen) atoms. The molecule has 0 aliphatic carbocycles. The summed E-state index contributed by atoms with van der Waals surface area (Å²) in [7, 11) is 7.01. The third-order valence-corrected chi connectivity index (χ3v) is 1.61. The predicted molar refractivity (Wildman–Crippen MR) is 44.8 cm³/mol. The number of rotatable bonds is 0. The van der Waals surface area contributed by atoms with E-state index in [1.165, 1.54) is 4.57 Å². The molecule has 0 aliphatic heterocycles. The van der Waals surface area contributed by atoms with Crippen LogP contribution in [-0.4, -0.2) is 12.4 Å². The molecule has 0 aliphatic rings. The van der Waals surface area contributed by atoms with Crippen LogP contribution < -0.4 is 11.0 Å². The first-order valence-electron chi connectivity index (χ1n) is 2.73. The Bertz CT molecular complexity index is 281. The van der Waals surface area contributed by atoms with Crippen molar-refractivity contribution in [1.82, 2.24) is 4.57 Å². The van der Waals surface area contributed by atoms with E-state index in [0.717, 1.165) is 4.47 Å². The lowest BCUT2D eigenvalue weighted by Crippen LogP contribution is -2.32. The first kappa shape index (κ1) is 7.60. The summed E-state index contributed by atoms with van der Waals surface area (Å²) in [6, 6.07) is 1.59. The van der Waals surface area contributed by atoms with Crippen molar-refractivity contribution in [1.29, 1.82) is 0 Å². The average Bonchev–Trinajstić information content (AvgIpc) is 1.82. The van der Waals surface area contributed by atoms with Gasteiger partial charge in [-0.2, -0.15) is 0 Å². The molecule has 2 nitrogen and oxygen atoms in total. The van der Waals surface area contributed by atoms with Gasteiger partial charge in [0.05, 0.1) is 0 Å². The van der Waals surface area contributed by atoms with Gasteiger partial charge in [-0.25, -0.2) is 0 Å². The van der Waals surface area contributed by atoms with E-state index in [0.29, 0.717) is 0 Å². The lowest BCUT2D eigenvalue weighted by molar-refractivity contribution is 0.863. The number of nitrogens with zero attached hydrogens (tertiary/aromatic N) is 1. The van der Waals surface area contributed by atoms with Gasteiger partial charge in [0.2, 0.25) is 5.56 Å². The SMILES string of the molecule is [B]c1cc(Br)cn(C)c1=O. The van der Waals surface area contributed by atoms with Gasteiger partial charge in [-0.15, -0.1) is 0 Å². The first-order chi connectivity index (χ1) is 4.61. The monoisotopic (exact) mass is 197 g/mol. The van der Waals surface area contributed by atoms with Crippen LogP contribution in [0.4, 0.5) is 0 Å². The van der Waals surface area contributed by atoms with Crippen molar-refractivity contribution in [3.63, 3.8) is 0 Å². The van der Waals surface area contributed by atoms with Gasteiger partial charge in [-0.05, 0) is 27.5 Å². The molecule has 1 rings (SSSR count). The maximum Gasteiger partial charge on any atom is 0.243 e. The normalized spacial score (nSPS) is 9.80. The van der Waals surface area contributed by atoms with E-state index < -0.39 is 0 Å². The molecule has 1 aromatic rings. The van der Waals surface area contributed by atoms with Crippen LogP contribution in [0, 0.1) is 0 Å². The van der Waals surface area contributed by atoms with Gasteiger partial charge in [-0.1, -0.05) is 0 Å². The quantitative estimate of drug-likeness (QED) is 0.535. The zero-order valence-electron chi connectivity index (χ0n) is 5.47. The van der Waals surface area contributed by atoms with Crippen LogP contribution in [0.25, 0.3) is 0 Å². The van der Waals surface area contributed by atoms with Gasteiger partial charge >= 0.3 is 0 Å². The van der Waals surface area contributed by atoms with Gasteiger partial charge in [0, 0.05) is 17.7 Å². The molecule has 0 aromatic carbocycles. The molecule has 0 bridgehead atoms. The van der Waals surface area contributed by atoms with Crippen LogP contribution in [-0.2, 0) is 7.05 Å². The highest BCUT2D eigenvalue weighted by Crippen LogP contribution is 2.01. The van der Waals surface area contributed by atoms with Gasteiger partial charge in [0.15, 0.2) is 0 Å². The second kappa shape index (κ2) is 2.62. The van der Waals surface area contributed by atoms with Crippen LogP contribution >= 0.6 is 15.9 Å². The Morgan fingerprint density at radius 1 is 1.70 bits per heavy atom. The number of aromatic nitrogens is 1. The fourth-order valence-corrected chi connectivity index (χ4v) is 1.25. The topological polar surface area (TPSA) is 22.0 Å². The second-order valence-corrected chi connectivity index (χ2v) is 2.95. The van der Waals surface area contributed by atoms with Crippen molar-refractivity contribution in [2.24, 2.45) is 7.05 Å². The minimum atomic E-state index is -0.164. The van der Waals surface area contributed by atoms with Crippen LogP contribution in [0.2, 0.25) is 0 Å². The molecule has 0 saturated carbocycles. The summed E-state index contributed by atoms with van der Waals surface area (Å²) in [6.07, 6.45) is 1.67. The molecule has 0 unspecified atom stereocenters. The summed E-state index contributed by atoms with van der Waals surface area (Å²) >= 11 is 3.21. The fourth-order valence-electron chi connectivity index (χ4n) is 0.695. The molecule has 2 radical (unpaired) electrons. The Labute approximate surface area is 68.4 Å². The number of halogens is 1. The van der Waals surface area contributed by atoms with E-state index in [2.05, 4.69) is 15.9 Å². The lowest BCUT2D eigenvalue weighted by atomic mass is 9.99. The standard InChI is InChI=1S/C6H5BBrNO/c1-9-3-4(8)2-5(7)6(9)10/h2-3H,1H3. The molecule has 0 atom stereocenters. The van der Waals surface area contributed by atoms with Crippen LogP contribution in [0.1, 0.15) is 0 Å². The molecule has 0 spiro atoms. The Hall–Kier alpha value is -0.505. The first-order valence-corrected chi connectivity index (χ1v) is 3.52. The summed E-state index contributed by atoms with van der Waals surface area (Å²) in [4.78, 5) is 10.9. The molecule has 1 heterocycles. The van der Waals surface area contributed by atoms with Crippen LogP contribution in [0.3, 0.4) is 0 Å². The maximum absolute atomic E-state index is 10.9. The number of hydrogen-bond acceptors (Lipinski definition) is 1. The van der Waals surface area contributed by atoms with Gasteiger partial charge in [-0.3, -0.25) is 4.79 Å². The summed E-state index contributed by atoms with van der Waals surface area (Å²) in [5.41, 5.74) is 0.0973. The summed E-state index contributed by atoms with van der Waals surface area (Å²) in [5.74, 6) is 0. The molecule has 0 saturated heterocycles. The van der Waals surface area contributed by atoms with Crippen molar-refractivity contribution in [3.8, 4) is 0 Å². The lowest BCUT2D eigenvalue weighted by Gasteiger charge is -1.98. The van der Waals surface area contributed by atoms with Crippen molar-refractivity contribution in [2.75, 3.05) is 0 Å². The summed E-state index contributed by atoms with van der Waals surface area (Å²) in [5, 5.41) is 0. The Balaban J connectivity index is 3.46. The van der Waals surface area contributed by atoms with Crippen LogP contribution in [0.15, 0.2) is 21.5 Å². The van der Waals surface area contributed by atoms with Gasteiger partial charge in [0.25, 0.3) is 0 Å². The predicted octanol–water partition coefficient (Wildman–Crippen LogP) is -0.0584. The fraction of sp³-hybridized carbons (Fsp3) is 0.167. The van der Waals surface area contributed by atoms with Gasteiger partial charge in [0.1, 0.15) is 7.85 Å². The molecule has 1 aromatic heterocycles. The molecular formula is C6H5BBrNO. The minimum Gasteiger partial charge on any atom is -0.318 e. The molecule has 4 heteroatoms. The van der Waals surface area contributed by atoms with Crippen molar-refractivity contribution in [2.45, 2.75) is 0 Å². The van der Waals surface area contributed by atoms with E-state index in [1.54, 1.807) is 19.3 Å². The highest BCUT2D eigenvalue weighted by molar-refractivity contribution is 9.10. The van der Waals surface area contributed by atoms with E-state index in [-0.39, 0.29) is 11.0 Å². The number of aryl methyl sites for hydroxylation is 1. The van der Waals surface area contributed by atoms with Crippen LogP contribution in [0.5, 0.6) is 0 Å². The third kappa shape index (κ3) is 1.32. The van der Waals surface area contributed by atoms with E-state index in [1.807, 2.05) is 0 Å². The third-order valence-electron chi connectivity index (χ3n) is 1.18. The van der Waals surface area contributed by atoms with E-state index in [9.17, 15) is 4.79 Å². The number of pyridine rings is 1. The van der Waals surface area contributed by atoms with Gasteiger partial charge < -0.3 is 4.57 Å². The van der Waals surface area contributed by atoms with Crippen molar-refractivity contribution >= 4 is 29.2 Å². The van der Waals surface area contributed by atoms with E-state index in [4.69, 9.17) is 7.85 Å². The Kier molecular flexibility index (Phi) is 1.99. The highest BCUT2D eigenvalue weighted by atomic mass is 79.9. The molecular weight excluding hydrogens is 193 g/mol. The van der Waals surface area contributed by atoms with Crippen molar-refractivity contribution < 1.29 is 0 Å². The molecule has 50 valence electrons. The largest absolute Gasteiger partial charge is 0.318 e. The van der Waals surface area contributed by atoms with E-state index >= 15 is 0 Å². The average molecular weight is 198 g/mol. The maximum atomic E-state index is 10.9. The zero-order valence-corrected chi connectivity index (χ0v) is 7.05. The highest BCUT2D eigenvalue weighted by Gasteiger charge is 1.95.